The normalized spacial score (nSPS) is 19.9. The number of nitrogens with zero attached hydrogens (tertiary/aromatic N) is 3. The van der Waals surface area contributed by atoms with Gasteiger partial charge in [0.25, 0.3) is 5.56 Å². The number of aromatic nitrogens is 2. The highest BCUT2D eigenvalue weighted by Gasteiger charge is 2.45. The van der Waals surface area contributed by atoms with E-state index in [0.717, 1.165) is 10.9 Å². The fraction of sp³-hybridized carbons (Fsp3) is 0.467. The molecule has 0 unspecified atom stereocenters. The Morgan fingerprint density at radius 3 is 2.66 bits per heavy atom. The molecule has 1 saturated heterocycles. The number of piperazine rings is 1. The lowest BCUT2D eigenvalue weighted by Crippen LogP contribution is -2.47. The van der Waals surface area contributed by atoms with Gasteiger partial charge >= 0.3 is 12.1 Å². The van der Waals surface area contributed by atoms with Gasteiger partial charge in [0.15, 0.2) is 5.60 Å². The molecule has 3 aliphatic heterocycles. The molecule has 1 fully saturated rings. The minimum Gasteiger partial charge on any atom is -0.458 e. The van der Waals surface area contributed by atoms with Gasteiger partial charge in [0, 0.05) is 48.3 Å². The van der Waals surface area contributed by atoms with Crippen LogP contribution in [0.2, 0.25) is 0 Å². The average molecular weight is 563 g/mol. The topological polar surface area (TPSA) is 132 Å². The van der Waals surface area contributed by atoms with E-state index in [9.17, 15) is 19.5 Å². The number of benzene rings is 1. The van der Waals surface area contributed by atoms with Gasteiger partial charge in [0.1, 0.15) is 12.4 Å². The highest BCUT2D eigenvalue weighted by Crippen LogP contribution is 2.40. The molecule has 1 aromatic carbocycles. The standard InChI is InChI=1S/C30H34N4O7/c1-5-30(38)21-13-23-25-17(14-34(23)26(35)20(21)15-39-27(30)36)12-18-19(16-40-29(2,3)4)24(7-6-22(18)32-25)41-28(37)33-10-8-31-9-11-33/h6-7,12-13,31,38H,5,8-11,14-16H2,1-4H3/t30-/m0/s1. The van der Waals surface area contributed by atoms with Gasteiger partial charge in [-0.3, -0.25) is 4.79 Å². The molecule has 5 heterocycles. The second-order valence-electron chi connectivity index (χ2n) is 11.7. The number of hydrogen-bond donors (Lipinski definition) is 2. The number of pyridine rings is 2. The quantitative estimate of drug-likeness (QED) is 0.360. The number of rotatable bonds is 4. The monoisotopic (exact) mass is 562 g/mol. The third kappa shape index (κ3) is 4.67. The third-order valence-corrected chi connectivity index (χ3v) is 7.98. The first kappa shape index (κ1) is 27.4. The molecular formula is C30H34N4O7. The van der Waals surface area contributed by atoms with Crippen LogP contribution in [0.4, 0.5) is 4.79 Å². The van der Waals surface area contributed by atoms with Crippen molar-refractivity contribution in [3.63, 3.8) is 0 Å². The predicted octanol–water partition coefficient (Wildman–Crippen LogP) is 2.80. The Labute approximate surface area is 237 Å². The van der Waals surface area contributed by atoms with E-state index in [-0.39, 0.29) is 42.9 Å². The maximum absolute atomic E-state index is 13.5. The van der Waals surface area contributed by atoms with E-state index in [1.54, 1.807) is 34.6 Å². The Balaban J connectivity index is 1.45. The molecule has 1 atom stereocenters. The Bertz CT molecular complexity index is 1630. The maximum Gasteiger partial charge on any atom is 0.415 e. The molecule has 0 bridgehead atoms. The molecule has 3 aromatic rings. The van der Waals surface area contributed by atoms with Crippen LogP contribution < -0.4 is 15.6 Å². The van der Waals surface area contributed by atoms with Crippen molar-refractivity contribution in [1.82, 2.24) is 19.8 Å². The minimum absolute atomic E-state index is 0.0757. The number of esters is 1. The summed E-state index contributed by atoms with van der Waals surface area (Å²) in [4.78, 5) is 45.6. The van der Waals surface area contributed by atoms with Crippen molar-refractivity contribution in [1.29, 1.82) is 0 Å². The fourth-order valence-electron chi connectivity index (χ4n) is 5.63. The van der Waals surface area contributed by atoms with Gasteiger partial charge in [-0.15, -0.1) is 0 Å². The molecule has 0 spiro atoms. The average Bonchev–Trinajstić information content (AvgIpc) is 3.31. The van der Waals surface area contributed by atoms with Crippen LogP contribution in [0.3, 0.4) is 0 Å². The number of carbonyl (C=O) groups excluding carboxylic acids is 2. The molecule has 3 aliphatic rings. The van der Waals surface area contributed by atoms with Crippen LogP contribution in [0.15, 0.2) is 29.1 Å². The number of ether oxygens (including phenoxy) is 3. The Kier molecular flexibility index (Phi) is 6.63. The summed E-state index contributed by atoms with van der Waals surface area (Å²) in [5, 5.41) is 15.1. The summed E-state index contributed by atoms with van der Waals surface area (Å²) < 4.78 is 18.8. The number of nitrogens with one attached hydrogen (secondary N) is 1. The highest BCUT2D eigenvalue weighted by atomic mass is 16.6. The zero-order valence-corrected chi connectivity index (χ0v) is 23.7. The number of fused-ring (bicyclic) bond motifs is 5. The van der Waals surface area contributed by atoms with Gasteiger partial charge in [-0.05, 0) is 51.5 Å². The molecular weight excluding hydrogens is 528 g/mol. The lowest BCUT2D eigenvalue weighted by molar-refractivity contribution is -0.172. The van der Waals surface area contributed by atoms with Crippen LogP contribution in [0.25, 0.3) is 22.3 Å². The molecule has 216 valence electrons. The summed E-state index contributed by atoms with van der Waals surface area (Å²) >= 11 is 0. The summed E-state index contributed by atoms with van der Waals surface area (Å²) in [6.07, 6.45) is -0.339. The van der Waals surface area contributed by atoms with Gasteiger partial charge in [0.05, 0.1) is 41.2 Å². The van der Waals surface area contributed by atoms with Gasteiger partial charge < -0.3 is 34.1 Å². The molecule has 0 saturated carbocycles. The molecule has 2 aromatic heterocycles. The molecule has 1 amide bonds. The highest BCUT2D eigenvalue weighted by molar-refractivity contribution is 5.90. The van der Waals surface area contributed by atoms with Gasteiger partial charge in [-0.1, -0.05) is 6.92 Å². The van der Waals surface area contributed by atoms with Crippen molar-refractivity contribution >= 4 is 23.0 Å². The number of hydrogen-bond acceptors (Lipinski definition) is 9. The number of carbonyl (C=O) groups is 2. The molecule has 2 N–H and O–H groups in total. The summed E-state index contributed by atoms with van der Waals surface area (Å²) in [5.74, 6) is -0.355. The zero-order chi connectivity index (χ0) is 29.1. The van der Waals surface area contributed by atoms with Gasteiger partial charge in [-0.2, -0.15) is 0 Å². The summed E-state index contributed by atoms with van der Waals surface area (Å²) in [6, 6.07) is 7.16. The Morgan fingerprint density at radius 2 is 1.95 bits per heavy atom. The molecule has 0 aliphatic carbocycles. The van der Waals surface area contributed by atoms with Crippen molar-refractivity contribution in [3.8, 4) is 17.1 Å². The van der Waals surface area contributed by atoms with Crippen LogP contribution >= 0.6 is 0 Å². The van der Waals surface area contributed by atoms with Crippen molar-refractivity contribution in [2.75, 3.05) is 26.2 Å². The Morgan fingerprint density at radius 1 is 1.20 bits per heavy atom. The molecule has 0 radical (unpaired) electrons. The maximum atomic E-state index is 13.5. The first-order chi connectivity index (χ1) is 19.5. The summed E-state index contributed by atoms with van der Waals surface area (Å²) in [7, 11) is 0. The van der Waals surface area contributed by atoms with Crippen LogP contribution in [-0.4, -0.2) is 63.4 Å². The lowest BCUT2D eigenvalue weighted by atomic mass is 9.86. The van der Waals surface area contributed by atoms with Crippen molar-refractivity contribution in [3.05, 3.63) is 56.9 Å². The summed E-state index contributed by atoms with van der Waals surface area (Å²) in [6.45, 7) is 10.4. The van der Waals surface area contributed by atoms with Gasteiger partial charge in [0.2, 0.25) is 0 Å². The van der Waals surface area contributed by atoms with Crippen LogP contribution in [0, 0.1) is 0 Å². The first-order valence-electron chi connectivity index (χ1n) is 13.9. The largest absolute Gasteiger partial charge is 0.458 e. The van der Waals surface area contributed by atoms with Crippen LogP contribution in [0.1, 0.15) is 56.4 Å². The fourth-order valence-corrected chi connectivity index (χ4v) is 5.63. The number of amides is 1. The van der Waals surface area contributed by atoms with Crippen molar-refractivity contribution in [2.45, 2.75) is 65.1 Å². The molecule has 11 nitrogen and oxygen atoms in total. The second-order valence-corrected chi connectivity index (χ2v) is 11.7. The van der Waals surface area contributed by atoms with Crippen molar-refractivity contribution in [2.24, 2.45) is 0 Å². The minimum atomic E-state index is -1.89. The SMILES string of the molecule is CC[C@@]1(O)C(=O)OCc2c1cc1n(c2=O)Cc2cc3c(COC(C)(C)C)c(OC(=O)N4CCNCC4)ccc3nc2-1. The Hall–Kier alpha value is -3.80. The second kappa shape index (κ2) is 9.93. The summed E-state index contributed by atoms with van der Waals surface area (Å²) in [5.41, 5.74) is 1.17. The van der Waals surface area contributed by atoms with Crippen LogP contribution in [0.5, 0.6) is 5.75 Å². The van der Waals surface area contributed by atoms with E-state index < -0.39 is 23.3 Å². The van der Waals surface area contributed by atoms with E-state index in [1.807, 2.05) is 26.8 Å². The van der Waals surface area contributed by atoms with Gasteiger partial charge in [-0.25, -0.2) is 14.6 Å². The van der Waals surface area contributed by atoms with E-state index >= 15 is 0 Å². The predicted molar refractivity (Wildman–Crippen MR) is 150 cm³/mol. The van der Waals surface area contributed by atoms with Crippen LogP contribution in [-0.2, 0) is 39.6 Å². The molecule has 6 rings (SSSR count). The smallest absolute Gasteiger partial charge is 0.415 e. The van der Waals surface area contributed by atoms with E-state index in [2.05, 4.69) is 5.32 Å². The van der Waals surface area contributed by atoms with E-state index in [1.165, 1.54) is 0 Å². The van der Waals surface area contributed by atoms with E-state index in [4.69, 9.17) is 19.2 Å². The number of aliphatic hydroxyl groups is 1. The third-order valence-electron chi connectivity index (χ3n) is 7.98. The lowest BCUT2D eigenvalue weighted by Gasteiger charge is -2.31. The molecule has 41 heavy (non-hydrogen) atoms. The zero-order valence-electron chi connectivity index (χ0n) is 23.7. The number of cyclic esters (lactones) is 1. The van der Waals surface area contributed by atoms with E-state index in [0.29, 0.717) is 54.4 Å². The first-order valence-corrected chi connectivity index (χ1v) is 13.9. The molecule has 11 heteroatoms. The van der Waals surface area contributed by atoms with Crippen molar-refractivity contribution < 1.29 is 28.9 Å².